The fourth-order valence-electron chi connectivity index (χ4n) is 2.53. The second kappa shape index (κ2) is 8.26. The molecule has 0 fully saturated rings. The first kappa shape index (κ1) is 19.8. The number of benzene rings is 2. The smallest absolute Gasteiger partial charge is 0.269 e. The van der Waals surface area contributed by atoms with Gasteiger partial charge in [-0.25, -0.2) is 8.42 Å². The predicted molar refractivity (Wildman–Crippen MR) is 97.8 cm³/mol. The number of aliphatic hydroxyl groups excluding tert-OH is 1. The minimum absolute atomic E-state index is 0.0728. The van der Waals surface area contributed by atoms with Crippen molar-refractivity contribution in [3.8, 4) is 0 Å². The Morgan fingerprint density at radius 1 is 1.12 bits per heavy atom. The van der Waals surface area contributed by atoms with Crippen LogP contribution < -0.4 is 9.21 Å². The summed E-state index contributed by atoms with van der Waals surface area (Å²) in [5.74, 6) is 0. The summed E-state index contributed by atoms with van der Waals surface area (Å²) in [5.41, 5.74) is 0.227. The number of nitrogens with one attached hydrogen (secondary N) is 1. The Morgan fingerprint density at radius 2 is 1.69 bits per heavy atom. The number of hydrogen-bond donors (Lipinski definition) is 2. The molecule has 2 rings (SSSR count). The van der Waals surface area contributed by atoms with Gasteiger partial charge < -0.3 is 10.0 Å². The van der Waals surface area contributed by atoms with Gasteiger partial charge in [-0.1, -0.05) is 18.2 Å². The number of para-hydroxylation sites is 1. The molecule has 140 valence electrons. The van der Waals surface area contributed by atoms with Crippen LogP contribution >= 0.6 is 0 Å². The summed E-state index contributed by atoms with van der Waals surface area (Å²) < 4.78 is 27.3. The van der Waals surface area contributed by atoms with E-state index in [2.05, 4.69) is 0 Å². The van der Waals surface area contributed by atoms with E-state index in [-0.39, 0.29) is 17.1 Å². The monoisotopic (exact) mass is 380 g/mol. The van der Waals surface area contributed by atoms with Crippen molar-refractivity contribution in [1.29, 1.82) is 0 Å². The molecule has 0 unspecified atom stereocenters. The highest BCUT2D eigenvalue weighted by Gasteiger charge is 2.28. The molecule has 0 heterocycles. The fourth-order valence-corrected chi connectivity index (χ4v) is 4.03. The molecule has 0 aliphatic heterocycles. The van der Waals surface area contributed by atoms with Crippen LogP contribution in [0.5, 0.6) is 0 Å². The zero-order valence-corrected chi connectivity index (χ0v) is 15.4. The summed E-state index contributed by atoms with van der Waals surface area (Å²) in [6, 6.07) is 13.2. The van der Waals surface area contributed by atoms with Gasteiger partial charge in [0.05, 0.1) is 36.1 Å². The van der Waals surface area contributed by atoms with Gasteiger partial charge in [-0.05, 0) is 24.3 Å². The maximum absolute atomic E-state index is 13.1. The van der Waals surface area contributed by atoms with Gasteiger partial charge in [0.1, 0.15) is 12.6 Å². The first-order valence-electron chi connectivity index (χ1n) is 8.01. The lowest BCUT2D eigenvalue weighted by Crippen LogP contribution is -3.07. The quantitative estimate of drug-likeness (QED) is 0.506. The molecule has 0 spiro atoms. The summed E-state index contributed by atoms with van der Waals surface area (Å²) in [7, 11) is -0.262. The van der Waals surface area contributed by atoms with Crippen molar-refractivity contribution in [3.05, 3.63) is 64.7 Å². The van der Waals surface area contributed by atoms with Gasteiger partial charge in [0.15, 0.2) is 0 Å². The second-order valence-corrected chi connectivity index (χ2v) is 8.05. The molecule has 26 heavy (non-hydrogen) atoms. The lowest BCUT2D eigenvalue weighted by Gasteiger charge is -2.27. The van der Waals surface area contributed by atoms with E-state index < -0.39 is 21.1 Å². The van der Waals surface area contributed by atoms with Crippen LogP contribution in [0.2, 0.25) is 0 Å². The van der Waals surface area contributed by atoms with Crippen molar-refractivity contribution >= 4 is 21.4 Å². The number of quaternary nitrogens is 1. The molecule has 0 bridgehead atoms. The number of hydrogen-bond acceptors (Lipinski definition) is 5. The Morgan fingerprint density at radius 3 is 2.19 bits per heavy atom. The van der Waals surface area contributed by atoms with Crippen LogP contribution in [0.25, 0.3) is 0 Å². The first-order chi connectivity index (χ1) is 12.2. The van der Waals surface area contributed by atoms with E-state index in [0.717, 1.165) is 21.3 Å². The highest BCUT2D eigenvalue weighted by Crippen LogP contribution is 2.25. The summed E-state index contributed by atoms with van der Waals surface area (Å²) in [4.78, 5) is 11.1. The molecule has 1 atom stereocenters. The third kappa shape index (κ3) is 4.78. The Kier molecular flexibility index (Phi) is 6.30. The molecule has 2 aromatic carbocycles. The van der Waals surface area contributed by atoms with Gasteiger partial charge >= 0.3 is 0 Å². The third-order valence-corrected chi connectivity index (χ3v) is 5.51. The summed E-state index contributed by atoms with van der Waals surface area (Å²) in [5, 5.41) is 21.0. The maximum atomic E-state index is 13.1. The minimum atomic E-state index is -3.99. The molecule has 0 aromatic heterocycles. The Hall–Kier alpha value is -2.49. The van der Waals surface area contributed by atoms with Crippen LogP contribution in [0.1, 0.15) is 0 Å². The number of anilines is 1. The first-order valence-corrected chi connectivity index (χ1v) is 9.45. The Balaban J connectivity index is 2.40. The van der Waals surface area contributed by atoms with Crippen molar-refractivity contribution in [3.63, 3.8) is 0 Å². The van der Waals surface area contributed by atoms with Gasteiger partial charge in [-0.15, -0.1) is 0 Å². The number of nitro groups is 1. The van der Waals surface area contributed by atoms with E-state index >= 15 is 0 Å². The standard InChI is InChI=1S/C17H21N3O5S/c1-18(2)12-16(21)13-19(14-6-4-3-5-7-14)26(24,25)17-10-8-15(9-11-17)20(22)23/h3-11,16,21H,12-13H2,1-2H3/p+1/t16-/m1/s1. The molecular weight excluding hydrogens is 358 g/mol. The molecule has 0 aliphatic carbocycles. The minimum Gasteiger partial charge on any atom is -0.385 e. The van der Waals surface area contributed by atoms with Gasteiger partial charge in [0, 0.05) is 12.1 Å². The number of likely N-dealkylation sites (N-methyl/N-ethyl adjacent to an activating group) is 1. The Bertz CT molecular complexity index is 838. The van der Waals surface area contributed by atoms with Crippen LogP contribution in [0.3, 0.4) is 0 Å². The summed E-state index contributed by atoms with van der Waals surface area (Å²) in [6.45, 7) is 0.258. The zero-order chi connectivity index (χ0) is 19.3. The van der Waals surface area contributed by atoms with Gasteiger partial charge in [-0.3, -0.25) is 14.4 Å². The molecule has 0 saturated heterocycles. The normalized spacial score (nSPS) is 12.8. The van der Waals surface area contributed by atoms with Crippen molar-refractivity contribution in [2.45, 2.75) is 11.0 Å². The van der Waals surface area contributed by atoms with Crippen molar-refractivity contribution in [2.24, 2.45) is 0 Å². The molecule has 2 N–H and O–H groups in total. The lowest BCUT2D eigenvalue weighted by molar-refractivity contribution is -0.861. The number of rotatable bonds is 8. The van der Waals surface area contributed by atoms with Gasteiger partial charge in [-0.2, -0.15) is 0 Å². The molecule has 2 aromatic rings. The summed E-state index contributed by atoms with van der Waals surface area (Å²) >= 11 is 0. The number of nitro benzene ring substituents is 1. The van der Waals surface area contributed by atoms with Crippen molar-refractivity contribution in [2.75, 3.05) is 31.5 Å². The topological polar surface area (TPSA) is 105 Å². The maximum Gasteiger partial charge on any atom is 0.269 e. The highest BCUT2D eigenvalue weighted by molar-refractivity contribution is 7.92. The molecule has 0 radical (unpaired) electrons. The van der Waals surface area contributed by atoms with Crippen LogP contribution in [-0.4, -0.2) is 51.7 Å². The SMILES string of the molecule is C[NH+](C)C[C@@H](O)CN(c1ccccc1)S(=O)(=O)c1ccc([N+](=O)[O-])cc1. The van der Waals surface area contributed by atoms with Crippen LogP contribution in [0, 0.1) is 10.1 Å². The lowest BCUT2D eigenvalue weighted by atomic mass is 10.3. The molecule has 0 saturated carbocycles. The summed E-state index contributed by atoms with van der Waals surface area (Å²) in [6.07, 6.45) is -0.868. The number of non-ortho nitro benzene ring substituents is 1. The third-order valence-electron chi connectivity index (χ3n) is 3.70. The average Bonchev–Trinajstić information content (AvgIpc) is 2.59. The largest absolute Gasteiger partial charge is 0.385 e. The van der Waals surface area contributed by atoms with Crippen LogP contribution in [-0.2, 0) is 10.0 Å². The predicted octanol–water partition coefficient (Wildman–Crippen LogP) is 0.296. The van der Waals surface area contributed by atoms with E-state index in [1.165, 1.54) is 12.1 Å². The highest BCUT2D eigenvalue weighted by atomic mass is 32.2. The molecule has 0 aliphatic rings. The van der Waals surface area contributed by atoms with Crippen molar-refractivity contribution < 1.29 is 23.3 Å². The number of aliphatic hydroxyl groups is 1. The molecular formula is C17H22N3O5S+. The van der Waals surface area contributed by atoms with Crippen LogP contribution in [0.4, 0.5) is 11.4 Å². The van der Waals surface area contributed by atoms with E-state index in [1.807, 2.05) is 14.1 Å². The van der Waals surface area contributed by atoms with Crippen molar-refractivity contribution in [1.82, 2.24) is 0 Å². The number of nitrogens with zero attached hydrogens (tertiary/aromatic N) is 2. The Labute approximate surface area is 152 Å². The molecule has 0 amide bonds. The van der Waals surface area contributed by atoms with E-state index in [0.29, 0.717) is 12.2 Å². The molecule has 9 heteroatoms. The average molecular weight is 380 g/mol. The molecule has 8 nitrogen and oxygen atoms in total. The van der Waals surface area contributed by atoms with E-state index in [1.54, 1.807) is 30.3 Å². The van der Waals surface area contributed by atoms with Crippen LogP contribution in [0.15, 0.2) is 59.5 Å². The number of sulfonamides is 1. The van der Waals surface area contributed by atoms with Gasteiger partial charge in [0.25, 0.3) is 15.7 Å². The van der Waals surface area contributed by atoms with E-state index in [4.69, 9.17) is 0 Å². The second-order valence-electron chi connectivity index (χ2n) is 6.19. The zero-order valence-electron chi connectivity index (χ0n) is 14.6. The van der Waals surface area contributed by atoms with E-state index in [9.17, 15) is 23.6 Å². The van der Waals surface area contributed by atoms with Gasteiger partial charge in [0.2, 0.25) is 0 Å². The fraction of sp³-hybridized carbons (Fsp3) is 0.294.